The van der Waals surface area contributed by atoms with E-state index in [-0.39, 0.29) is 0 Å². The molecule has 2 aromatic rings. The van der Waals surface area contributed by atoms with Gasteiger partial charge in [0.1, 0.15) is 11.5 Å². The predicted octanol–water partition coefficient (Wildman–Crippen LogP) is 4.90. The number of para-hydroxylation sites is 1. The molecule has 0 fully saturated rings. The van der Waals surface area contributed by atoms with E-state index >= 15 is 0 Å². The summed E-state index contributed by atoms with van der Waals surface area (Å²) in [5.74, 6) is 0.416. The number of aryl methyl sites for hydroxylation is 1. The first-order valence-electron chi connectivity index (χ1n) is 6.56. The molecule has 0 aliphatic rings. The number of carboxylic acids is 1. The summed E-state index contributed by atoms with van der Waals surface area (Å²) in [7, 11) is 0. The first-order valence-corrected chi connectivity index (χ1v) is 7.35. The van der Waals surface area contributed by atoms with Crippen molar-refractivity contribution in [3.63, 3.8) is 0 Å². The van der Waals surface area contributed by atoms with Crippen LogP contribution in [0.4, 0.5) is 0 Å². The molecule has 0 saturated carbocycles. The Morgan fingerprint density at radius 1 is 1.24 bits per heavy atom. The molecule has 0 saturated heterocycles. The third-order valence-electron chi connectivity index (χ3n) is 2.95. The van der Waals surface area contributed by atoms with E-state index in [1.54, 1.807) is 0 Å². The Morgan fingerprint density at radius 2 is 2.00 bits per heavy atom. The average Bonchev–Trinajstić information content (AvgIpc) is 2.48. The van der Waals surface area contributed by atoms with E-state index in [9.17, 15) is 4.79 Å². The monoisotopic (exact) mass is 346 g/mol. The Morgan fingerprint density at radius 3 is 2.71 bits per heavy atom. The lowest BCUT2D eigenvalue weighted by Crippen LogP contribution is -1.93. The van der Waals surface area contributed by atoms with Crippen molar-refractivity contribution in [2.45, 2.75) is 13.3 Å². The SMILES string of the molecule is CCc1ccccc1Oc1ccc(Br)cc1/C=C/C(=O)O. The fourth-order valence-electron chi connectivity index (χ4n) is 1.92. The van der Waals surface area contributed by atoms with Crippen LogP contribution in [0, 0.1) is 0 Å². The van der Waals surface area contributed by atoms with E-state index in [0.717, 1.165) is 28.3 Å². The fraction of sp³-hybridized carbons (Fsp3) is 0.118. The van der Waals surface area contributed by atoms with Crippen LogP contribution in [0.25, 0.3) is 6.08 Å². The van der Waals surface area contributed by atoms with Crippen LogP contribution >= 0.6 is 15.9 Å². The number of carbonyl (C=O) groups is 1. The van der Waals surface area contributed by atoms with Gasteiger partial charge in [-0.2, -0.15) is 0 Å². The largest absolute Gasteiger partial charge is 0.478 e. The lowest BCUT2D eigenvalue weighted by atomic mass is 10.1. The summed E-state index contributed by atoms with van der Waals surface area (Å²) in [5.41, 5.74) is 1.81. The van der Waals surface area contributed by atoms with Crippen molar-refractivity contribution < 1.29 is 14.6 Å². The molecule has 2 rings (SSSR count). The van der Waals surface area contributed by atoms with Crippen LogP contribution in [0.5, 0.6) is 11.5 Å². The third-order valence-corrected chi connectivity index (χ3v) is 3.44. The molecule has 0 spiro atoms. The van der Waals surface area contributed by atoms with Crippen LogP contribution in [-0.4, -0.2) is 11.1 Å². The zero-order valence-electron chi connectivity index (χ0n) is 11.5. The highest BCUT2D eigenvalue weighted by Crippen LogP contribution is 2.31. The molecule has 21 heavy (non-hydrogen) atoms. The van der Waals surface area contributed by atoms with E-state index < -0.39 is 5.97 Å². The molecule has 2 aromatic carbocycles. The maximum absolute atomic E-state index is 10.7. The topological polar surface area (TPSA) is 46.5 Å². The standard InChI is InChI=1S/C17H15BrO3/c1-2-12-5-3-4-6-15(12)21-16-9-8-14(18)11-13(16)7-10-17(19)20/h3-11H,2H2,1H3,(H,19,20)/b10-7+. The quantitative estimate of drug-likeness (QED) is 0.783. The van der Waals surface area contributed by atoms with E-state index in [4.69, 9.17) is 9.84 Å². The van der Waals surface area contributed by atoms with Gasteiger partial charge in [0.05, 0.1) is 0 Å². The Kier molecular flexibility index (Phi) is 5.17. The van der Waals surface area contributed by atoms with Crippen molar-refractivity contribution in [3.05, 3.63) is 64.1 Å². The zero-order valence-corrected chi connectivity index (χ0v) is 13.1. The van der Waals surface area contributed by atoms with Gasteiger partial charge in [-0.15, -0.1) is 0 Å². The van der Waals surface area contributed by atoms with E-state index in [2.05, 4.69) is 22.9 Å². The molecular weight excluding hydrogens is 332 g/mol. The van der Waals surface area contributed by atoms with Gasteiger partial charge in [0, 0.05) is 16.1 Å². The number of halogens is 1. The molecule has 108 valence electrons. The van der Waals surface area contributed by atoms with Gasteiger partial charge in [-0.1, -0.05) is 41.1 Å². The van der Waals surface area contributed by atoms with Crippen molar-refractivity contribution >= 4 is 28.0 Å². The molecule has 0 atom stereocenters. The molecular formula is C17H15BrO3. The molecule has 4 heteroatoms. The first kappa shape index (κ1) is 15.3. The van der Waals surface area contributed by atoms with Gasteiger partial charge >= 0.3 is 5.97 Å². The number of benzene rings is 2. The number of aliphatic carboxylic acids is 1. The lowest BCUT2D eigenvalue weighted by molar-refractivity contribution is -0.131. The maximum Gasteiger partial charge on any atom is 0.328 e. The highest BCUT2D eigenvalue weighted by atomic mass is 79.9. The first-order chi connectivity index (χ1) is 10.1. The summed E-state index contributed by atoms with van der Waals surface area (Å²) in [4.78, 5) is 10.7. The van der Waals surface area contributed by atoms with Crippen molar-refractivity contribution in [2.24, 2.45) is 0 Å². The van der Waals surface area contributed by atoms with Crippen LogP contribution in [0.15, 0.2) is 53.0 Å². The minimum absolute atomic E-state index is 0.622. The highest BCUT2D eigenvalue weighted by molar-refractivity contribution is 9.10. The van der Waals surface area contributed by atoms with Crippen molar-refractivity contribution in [2.75, 3.05) is 0 Å². The maximum atomic E-state index is 10.7. The molecule has 3 nitrogen and oxygen atoms in total. The van der Waals surface area contributed by atoms with Crippen LogP contribution in [0.1, 0.15) is 18.1 Å². The molecule has 0 aromatic heterocycles. The van der Waals surface area contributed by atoms with Crippen LogP contribution < -0.4 is 4.74 Å². The van der Waals surface area contributed by atoms with Crippen molar-refractivity contribution in [3.8, 4) is 11.5 Å². The summed E-state index contributed by atoms with van der Waals surface area (Å²) in [6.07, 6.45) is 3.49. The minimum atomic E-state index is -0.991. The lowest BCUT2D eigenvalue weighted by Gasteiger charge is -2.12. The summed E-state index contributed by atoms with van der Waals surface area (Å²) in [5, 5.41) is 8.77. The highest BCUT2D eigenvalue weighted by Gasteiger charge is 2.07. The Hall–Kier alpha value is -2.07. The van der Waals surface area contributed by atoms with Gasteiger partial charge in [0.25, 0.3) is 0 Å². The molecule has 0 amide bonds. The second-order valence-electron chi connectivity index (χ2n) is 4.42. The van der Waals surface area contributed by atoms with Gasteiger partial charge in [0.2, 0.25) is 0 Å². The van der Waals surface area contributed by atoms with Gasteiger partial charge in [-0.3, -0.25) is 0 Å². The Bertz CT molecular complexity index is 677. The predicted molar refractivity (Wildman–Crippen MR) is 86.7 cm³/mol. The number of ether oxygens (including phenoxy) is 1. The molecule has 0 unspecified atom stereocenters. The van der Waals surface area contributed by atoms with Crippen molar-refractivity contribution in [1.82, 2.24) is 0 Å². The van der Waals surface area contributed by atoms with Gasteiger partial charge in [-0.25, -0.2) is 4.79 Å². The normalized spacial score (nSPS) is 10.8. The Labute approximate surface area is 132 Å². The number of hydrogen-bond donors (Lipinski definition) is 1. The van der Waals surface area contributed by atoms with E-state index in [1.807, 2.05) is 42.5 Å². The second kappa shape index (κ2) is 7.09. The molecule has 0 aliphatic heterocycles. The third kappa shape index (κ3) is 4.20. The minimum Gasteiger partial charge on any atom is -0.478 e. The molecule has 0 radical (unpaired) electrons. The van der Waals surface area contributed by atoms with E-state index in [1.165, 1.54) is 6.08 Å². The summed E-state index contributed by atoms with van der Waals surface area (Å²) in [6, 6.07) is 13.3. The van der Waals surface area contributed by atoms with Gasteiger partial charge in [0.15, 0.2) is 0 Å². The molecule has 0 heterocycles. The number of carboxylic acid groups (broad SMARTS) is 1. The fourth-order valence-corrected chi connectivity index (χ4v) is 2.30. The number of rotatable bonds is 5. The molecule has 0 aliphatic carbocycles. The zero-order chi connectivity index (χ0) is 15.2. The van der Waals surface area contributed by atoms with E-state index in [0.29, 0.717) is 11.3 Å². The summed E-state index contributed by atoms with van der Waals surface area (Å²) < 4.78 is 6.82. The molecule has 0 bridgehead atoms. The molecule has 1 N–H and O–H groups in total. The van der Waals surface area contributed by atoms with Crippen LogP contribution in [0.2, 0.25) is 0 Å². The average molecular weight is 347 g/mol. The second-order valence-corrected chi connectivity index (χ2v) is 5.33. The van der Waals surface area contributed by atoms with Crippen molar-refractivity contribution in [1.29, 1.82) is 0 Å². The Balaban J connectivity index is 2.37. The number of hydrogen-bond acceptors (Lipinski definition) is 2. The van der Waals surface area contributed by atoms with Crippen LogP contribution in [-0.2, 0) is 11.2 Å². The van der Waals surface area contributed by atoms with Gasteiger partial charge < -0.3 is 9.84 Å². The smallest absolute Gasteiger partial charge is 0.328 e. The van der Waals surface area contributed by atoms with Crippen LogP contribution in [0.3, 0.4) is 0 Å². The van der Waals surface area contributed by atoms with Gasteiger partial charge in [-0.05, 0) is 42.3 Å². The summed E-state index contributed by atoms with van der Waals surface area (Å²) in [6.45, 7) is 2.06. The summed E-state index contributed by atoms with van der Waals surface area (Å²) >= 11 is 3.38.